The summed E-state index contributed by atoms with van der Waals surface area (Å²) in [5.74, 6) is 0.436. The van der Waals surface area contributed by atoms with Crippen LogP contribution in [0.25, 0.3) is 0 Å². The van der Waals surface area contributed by atoms with Crippen LogP contribution in [0.15, 0.2) is 10.7 Å². The van der Waals surface area contributed by atoms with E-state index in [-0.39, 0.29) is 12.3 Å². The molecule has 1 aromatic heterocycles. The van der Waals surface area contributed by atoms with Crippen LogP contribution in [-0.2, 0) is 4.74 Å². The number of anilines is 1. The van der Waals surface area contributed by atoms with Crippen molar-refractivity contribution in [2.75, 3.05) is 18.5 Å². The fourth-order valence-corrected chi connectivity index (χ4v) is 1.64. The quantitative estimate of drug-likeness (QED) is 0.483. The van der Waals surface area contributed by atoms with Gasteiger partial charge in [-0.05, 0) is 22.9 Å². The number of halogens is 1. The number of rotatable bonds is 5. The van der Waals surface area contributed by atoms with Crippen molar-refractivity contribution in [2.24, 2.45) is 5.73 Å². The van der Waals surface area contributed by atoms with Crippen molar-refractivity contribution in [3.05, 3.63) is 26.3 Å². The standard InChI is InChI=1S/C9H11BrN4O4/c1-5-6(14(16)17)4-13-8(7(5)10)12-2-3-18-9(11)15/h4H,2-3H2,1H3,(H2,11,15)(H,12,13). The largest absolute Gasteiger partial charge is 0.448 e. The van der Waals surface area contributed by atoms with Crippen LogP contribution in [0.1, 0.15) is 5.56 Å². The molecule has 1 aromatic rings. The number of primary amides is 1. The smallest absolute Gasteiger partial charge is 0.404 e. The number of nitro groups is 1. The first-order chi connectivity index (χ1) is 8.43. The lowest BCUT2D eigenvalue weighted by molar-refractivity contribution is -0.385. The Kier molecular flexibility index (Phi) is 4.84. The zero-order chi connectivity index (χ0) is 13.7. The van der Waals surface area contributed by atoms with Crippen LogP contribution in [0.2, 0.25) is 0 Å². The van der Waals surface area contributed by atoms with E-state index >= 15 is 0 Å². The van der Waals surface area contributed by atoms with Crippen LogP contribution >= 0.6 is 15.9 Å². The van der Waals surface area contributed by atoms with E-state index in [1.807, 2.05) is 0 Å². The van der Waals surface area contributed by atoms with Crippen molar-refractivity contribution in [3.8, 4) is 0 Å². The van der Waals surface area contributed by atoms with Crippen LogP contribution in [0, 0.1) is 17.0 Å². The number of hydrogen-bond donors (Lipinski definition) is 2. The zero-order valence-electron chi connectivity index (χ0n) is 9.47. The van der Waals surface area contributed by atoms with Crippen LogP contribution in [0.4, 0.5) is 16.3 Å². The fourth-order valence-electron chi connectivity index (χ4n) is 1.20. The number of aromatic nitrogens is 1. The van der Waals surface area contributed by atoms with Gasteiger partial charge in [0.1, 0.15) is 18.6 Å². The highest BCUT2D eigenvalue weighted by atomic mass is 79.9. The minimum atomic E-state index is -0.858. The van der Waals surface area contributed by atoms with E-state index < -0.39 is 11.0 Å². The third-order valence-electron chi connectivity index (χ3n) is 2.07. The monoisotopic (exact) mass is 318 g/mol. The Morgan fingerprint density at radius 1 is 1.72 bits per heavy atom. The van der Waals surface area contributed by atoms with Gasteiger partial charge in [0.2, 0.25) is 0 Å². The molecular weight excluding hydrogens is 308 g/mol. The lowest BCUT2D eigenvalue weighted by atomic mass is 10.2. The Hall–Kier alpha value is -1.90. The van der Waals surface area contributed by atoms with Gasteiger partial charge in [-0.2, -0.15) is 0 Å². The summed E-state index contributed by atoms with van der Waals surface area (Å²) in [4.78, 5) is 24.4. The molecule has 0 saturated carbocycles. The van der Waals surface area contributed by atoms with Gasteiger partial charge in [-0.3, -0.25) is 10.1 Å². The third kappa shape index (κ3) is 3.55. The maximum Gasteiger partial charge on any atom is 0.404 e. The van der Waals surface area contributed by atoms with E-state index in [0.29, 0.717) is 22.4 Å². The molecule has 0 aromatic carbocycles. The van der Waals surface area contributed by atoms with E-state index in [0.717, 1.165) is 6.20 Å². The molecule has 0 atom stereocenters. The summed E-state index contributed by atoms with van der Waals surface area (Å²) >= 11 is 3.22. The van der Waals surface area contributed by atoms with Gasteiger partial charge in [-0.15, -0.1) is 0 Å². The molecule has 0 saturated heterocycles. The van der Waals surface area contributed by atoms with Gasteiger partial charge in [-0.25, -0.2) is 9.78 Å². The molecular formula is C9H11BrN4O4. The number of carbonyl (C=O) groups is 1. The second kappa shape index (κ2) is 6.15. The van der Waals surface area contributed by atoms with Crippen molar-refractivity contribution in [2.45, 2.75) is 6.92 Å². The molecule has 3 N–H and O–H groups in total. The van der Waals surface area contributed by atoms with Crippen LogP contribution in [-0.4, -0.2) is 29.2 Å². The molecule has 98 valence electrons. The van der Waals surface area contributed by atoms with E-state index in [2.05, 4.69) is 31.0 Å². The van der Waals surface area contributed by atoms with Gasteiger partial charge < -0.3 is 15.8 Å². The summed E-state index contributed by atoms with van der Waals surface area (Å²) in [5.41, 5.74) is 5.19. The molecule has 8 nitrogen and oxygen atoms in total. The van der Waals surface area contributed by atoms with Gasteiger partial charge >= 0.3 is 6.09 Å². The van der Waals surface area contributed by atoms with Crippen molar-refractivity contribution in [1.29, 1.82) is 0 Å². The number of pyridine rings is 1. The normalized spacial score (nSPS) is 9.89. The fraction of sp³-hybridized carbons (Fsp3) is 0.333. The van der Waals surface area contributed by atoms with Crippen molar-refractivity contribution in [3.63, 3.8) is 0 Å². The summed E-state index contributed by atoms with van der Waals surface area (Å²) in [6.45, 7) is 1.99. The van der Waals surface area contributed by atoms with E-state index in [9.17, 15) is 14.9 Å². The average molecular weight is 319 g/mol. The third-order valence-corrected chi connectivity index (χ3v) is 3.04. The maximum absolute atomic E-state index is 10.7. The Bertz CT molecular complexity index is 480. The molecule has 0 bridgehead atoms. The molecule has 0 radical (unpaired) electrons. The Morgan fingerprint density at radius 3 is 2.94 bits per heavy atom. The molecule has 18 heavy (non-hydrogen) atoms. The SMILES string of the molecule is Cc1c([N+](=O)[O-])cnc(NCCOC(N)=O)c1Br. The first-order valence-corrected chi connectivity index (χ1v) is 5.68. The van der Waals surface area contributed by atoms with Crippen LogP contribution in [0.3, 0.4) is 0 Å². The Balaban J connectivity index is 2.71. The summed E-state index contributed by atoms with van der Waals surface area (Å²) < 4.78 is 5.02. The highest BCUT2D eigenvalue weighted by Gasteiger charge is 2.16. The lowest BCUT2D eigenvalue weighted by Gasteiger charge is -2.09. The first kappa shape index (κ1) is 14.2. The second-order valence-electron chi connectivity index (χ2n) is 3.28. The maximum atomic E-state index is 10.7. The van der Waals surface area contributed by atoms with Crippen LogP contribution < -0.4 is 11.1 Å². The molecule has 0 aliphatic rings. The number of nitrogens with zero attached hydrogens (tertiary/aromatic N) is 2. The summed E-state index contributed by atoms with van der Waals surface area (Å²) in [6.07, 6.45) is 0.306. The van der Waals surface area contributed by atoms with Gasteiger partial charge in [-0.1, -0.05) is 0 Å². The van der Waals surface area contributed by atoms with Gasteiger partial charge in [0.15, 0.2) is 0 Å². The predicted molar refractivity (Wildman–Crippen MR) is 67.4 cm³/mol. The minimum absolute atomic E-state index is 0.0687. The highest BCUT2D eigenvalue weighted by Crippen LogP contribution is 2.30. The summed E-state index contributed by atoms with van der Waals surface area (Å²) in [6, 6.07) is 0. The van der Waals surface area contributed by atoms with E-state index in [1.54, 1.807) is 6.92 Å². The molecule has 0 spiro atoms. The number of amides is 1. The Labute approximate surface area is 111 Å². The molecule has 0 unspecified atom stereocenters. The van der Waals surface area contributed by atoms with Gasteiger partial charge in [0.05, 0.1) is 15.9 Å². The summed E-state index contributed by atoms with van der Waals surface area (Å²) in [7, 11) is 0. The van der Waals surface area contributed by atoms with Crippen molar-refractivity contribution in [1.82, 2.24) is 4.98 Å². The molecule has 0 fully saturated rings. The molecule has 0 aliphatic heterocycles. The molecule has 0 aliphatic carbocycles. The minimum Gasteiger partial charge on any atom is -0.448 e. The zero-order valence-corrected chi connectivity index (χ0v) is 11.1. The number of nitrogens with one attached hydrogen (secondary N) is 1. The van der Waals surface area contributed by atoms with Crippen LogP contribution in [0.5, 0.6) is 0 Å². The van der Waals surface area contributed by atoms with E-state index in [4.69, 9.17) is 5.73 Å². The van der Waals surface area contributed by atoms with E-state index in [1.165, 1.54) is 0 Å². The Morgan fingerprint density at radius 2 is 2.39 bits per heavy atom. The molecule has 9 heteroatoms. The molecule has 1 heterocycles. The first-order valence-electron chi connectivity index (χ1n) is 4.89. The van der Waals surface area contributed by atoms with Crippen molar-refractivity contribution < 1.29 is 14.5 Å². The number of nitrogens with two attached hydrogens (primary N) is 1. The lowest BCUT2D eigenvalue weighted by Crippen LogP contribution is -2.18. The average Bonchev–Trinajstić information content (AvgIpc) is 2.29. The molecule has 1 amide bonds. The molecule has 1 rings (SSSR count). The number of ether oxygens (including phenoxy) is 1. The van der Waals surface area contributed by atoms with Gasteiger partial charge in [0.25, 0.3) is 5.69 Å². The van der Waals surface area contributed by atoms with Gasteiger partial charge in [0, 0.05) is 5.56 Å². The topological polar surface area (TPSA) is 120 Å². The predicted octanol–water partition coefficient (Wildman–Crippen LogP) is 1.57. The summed E-state index contributed by atoms with van der Waals surface area (Å²) in [5, 5.41) is 13.5. The van der Waals surface area contributed by atoms with Crippen molar-refractivity contribution >= 4 is 33.5 Å². The number of hydrogen-bond acceptors (Lipinski definition) is 6. The number of carbonyl (C=O) groups excluding carboxylic acids is 1. The second-order valence-corrected chi connectivity index (χ2v) is 4.08. The highest BCUT2D eigenvalue weighted by molar-refractivity contribution is 9.10.